The molecule has 8 heteroatoms. The highest BCUT2D eigenvalue weighted by molar-refractivity contribution is 6.08. The van der Waals surface area contributed by atoms with Crippen molar-refractivity contribution in [3.05, 3.63) is 178 Å². The number of carbonyl (C=O) groups is 2. The smallest absolute Gasteiger partial charge is 0.336 e. The van der Waals surface area contributed by atoms with Crippen molar-refractivity contribution in [1.29, 1.82) is 0 Å². The molecule has 1 aliphatic rings. The van der Waals surface area contributed by atoms with Crippen molar-refractivity contribution < 1.29 is 28.9 Å². The Hall–Kier alpha value is -6.38. The van der Waals surface area contributed by atoms with Gasteiger partial charge in [0, 0.05) is 43.2 Å². The molecule has 0 spiro atoms. The van der Waals surface area contributed by atoms with Gasteiger partial charge in [-0.3, -0.25) is 4.79 Å². The zero-order valence-electron chi connectivity index (χ0n) is 35.0. The standard InChI is InChI=1S/C52H54N2O6/c1-5-53(43-24-26-58-27-25-43)48-30-42(29-46(37(48)4)52(56)57)41-22-15-23-44(28-41)54(33-38-16-9-6-10-17-38)51(55)47-31-45(36(2)3)49(59-34-39-18-11-7-12-19-39)32-50(47)60-35-40-20-13-8-14-21-40/h6-23,28-32,36,43H,5,24-27,33-35H2,1-4H3,(H,56,57). The van der Waals surface area contributed by atoms with Crippen LogP contribution in [0.15, 0.2) is 140 Å². The first-order chi connectivity index (χ1) is 29.2. The molecule has 6 aromatic carbocycles. The van der Waals surface area contributed by atoms with E-state index in [1.54, 1.807) is 11.0 Å². The van der Waals surface area contributed by atoms with Gasteiger partial charge in [-0.05, 0) is 102 Å². The first kappa shape index (κ1) is 41.8. The molecule has 1 amide bonds. The summed E-state index contributed by atoms with van der Waals surface area (Å²) in [4.78, 5) is 32.2. The van der Waals surface area contributed by atoms with Crippen molar-refractivity contribution >= 4 is 23.3 Å². The highest BCUT2D eigenvalue weighted by Gasteiger charge is 2.28. The van der Waals surface area contributed by atoms with Crippen LogP contribution in [-0.2, 0) is 24.5 Å². The monoisotopic (exact) mass is 802 g/mol. The predicted octanol–water partition coefficient (Wildman–Crippen LogP) is 11.5. The van der Waals surface area contributed by atoms with Crippen molar-refractivity contribution in [3.8, 4) is 22.6 Å². The Morgan fingerprint density at radius 1 is 0.700 bits per heavy atom. The fraction of sp³-hybridized carbons (Fsp3) is 0.269. The lowest BCUT2D eigenvalue weighted by Gasteiger charge is -2.36. The van der Waals surface area contributed by atoms with E-state index in [0.29, 0.717) is 42.6 Å². The fourth-order valence-electron chi connectivity index (χ4n) is 7.96. The quantitative estimate of drug-likeness (QED) is 0.104. The summed E-state index contributed by atoms with van der Waals surface area (Å²) in [6.07, 6.45) is 1.75. The van der Waals surface area contributed by atoms with Crippen LogP contribution in [0.2, 0.25) is 0 Å². The summed E-state index contributed by atoms with van der Waals surface area (Å²) in [6, 6.07) is 45.6. The van der Waals surface area contributed by atoms with Gasteiger partial charge in [-0.25, -0.2) is 4.79 Å². The molecule has 60 heavy (non-hydrogen) atoms. The Morgan fingerprint density at radius 3 is 1.88 bits per heavy atom. The molecule has 0 bridgehead atoms. The number of aromatic carboxylic acids is 1. The lowest BCUT2D eigenvalue weighted by atomic mass is 9.95. The number of hydrogen-bond donors (Lipinski definition) is 1. The number of anilines is 2. The fourth-order valence-corrected chi connectivity index (χ4v) is 7.96. The summed E-state index contributed by atoms with van der Waals surface area (Å²) in [7, 11) is 0. The highest BCUT2D eigenvalue weighted by atomic mass is 16.5. The van der Waals surface area contributed by atoms with Gasteiger partial charge in [-0.1, -0.05) is 117 Å². The van der Waals surface area contributed by atoms with E-state index in [1.807, 2.05) is 134 Å². The van der Waals surface area contributed by atoms with Crippen LogP contribution in [0.4, 0.5) is 11.4 Å². The molecule has 0 atom stereocenters. The molecule has 308 valence electrons. The third-order valence-electron chi connectivity index (χ3n) is 11.3. The Labute approximate surface area is 354 Å². The summed E-state index contributed by atoms with van der Waals surface area (Å²) in [5.74, 6) is -0.0813. The molecule has 1 heterocycles. The molecule has 0 aliphatic carbocycles. The topological polar surface area (TPSA) is 88.5 Å². The highest BCUT2D eigenvalue weighted by Crippen LogP contribution is 2.39. The molecule has 0 aromatic heterocycles. The molecular formula is C52H54N2O6. The molecule has 6 aromatic rings. The third-order valence-corrected chi connectivity index (χ3v) is 11.3. The van der Waals surface area contributed by atoms with Crippen LogP contribution < -0.4 is 19.3 Å². The number of amides is 1. The lowest BCUT2D eigenvalue weighted by molar-refractivity contribution is 0.0695. The van der Waals surface area contributed by atoms with Crippen LogP contribution in [-0.4, -0.2) is 42.8 Å². The van der Waals surface area contributed by atoms with Crippen molar-refractivity contribution in [3.63, 3.8) is 0 Å². The lowest BCUT2D eigenvalue weighted by Crippen LogP contribution is -2.40. The summed E-state index contributed by atoms with van der Waals surface area (Å²) < 4.78 is 18.7. The summed E-state index contributed by atoms with van der Waals surface area (Å²) in [5, 5.41) is 10.4. The van der Waals surface area contributed by atoms with Gasteiger partial charge in [0.1, 0.15) is 24.7 Å². The van der Waals surface area contributed by atoms with E-state index in [1.165, 1.54) is 0 Å². The molecule has 8 nitrogen and oxygen atoms in total. The number of carboxylic acid groups (broad SMARTS) is 1. The normalized spacial score (nSPS) is 12.9. The van der Waals surface area contributed by atoms with Gasteiger partial charge in [0.05, 0.1) is 17.7 Å². The second-order valence-corrected chi connectivity index (χ2v) is 15.6. The molecule has 0 saturated carbocycles. The van der Waals surface area contributed by atoms with E-state index in [0.717, 1.165) is 64.0 Å². The number of benzene rings is 6. The van der Waals surface area contributed by atoms with Gasteiger partial charge in [0.25, 0.3) is 5.91 Å². The van der Waals surface area contributed by atoms with E-state index in [-0.39, 0.29) is 36.6 Å². The Morgan fingerprint density at radius 2 is 1.30 bits per heavy atom. The molecule has 7 rings (SSSR count). The maximum Gasteiger partial charge on any atom is 0.336 e. The van der Waals surface area contributed by atoms with E-state index < -0.39 is 5.97 Å². The molecule has 1 aliphatic heterocycles. The third kappa shape index (κ3) is 9.89. The van der Waals surface area contributed by atoms with E-state index in [4.69, 9.17) is 14.2 Å². The number of carbonyl (C=O) groups excluding carboxylic acids is 1. The molecular weight excluding hydrogens is 749 g/mol. The van der Waals surface area contributed by atoms with Crippen LogP contribution in [0.25, 0.3) is 11.1 Å². The molecule has 1 N–H and O–H groups in total. The molecule has 0 unspecified atom stereocenters. The summed E-state index contributed by atoms with van der Waals surface area (Å²) >= 11 is 0. The SMILES string of the molecule is CCN(c1cc(-c2cccc(N(Cc3ccccc3)C(=O)c3cc(C(C)C)c(OCc4ccccc4)cc3OCc3ccccc3)c2)cc(C(=O)O)c1C)C1CCOCC1. The maximum atomic E-state index is 15.4. The first-order valence-corrected chi connectivity index (χ1v) is 20.9. The van der Waals surface area contributed by atoms with E-state index in [9.17, 15) is 9.90 Å². The van der Waals surface area contributed by atoms with Crippen LogP contribution in [0.5, 0.6) is 11.5 Å². The van der Waals surface area contributed by atoms with Gasteiger partial charge >= 0.3 is 5.97 Å². The average molecular weight is 803 g/mol. The van der Waals surface area contributed by atoms with Gasteiger partial charge in [0.15, 0.2) is 0 Å². The number of carboxylic acids is 1. The Bertz CT molecular complexity index is 2380. The van der Waals surface area contributed by atoms with E-state index in [2.05, 4.69) is 31.7 Å². The number of hydrogen-bond acceptors (Lipinski definition) is 6. The summed E-state index contributed by atoms with van der Waals surface area (Å²) in [6.45, 7) is 11.2. The predicted molar refractivity (Wildman–Crippen MR) is 239 cm³/mol. The maximum absolute atomic E-state index is 15.4. The minimum atomic E-state index is -0.976. The van der Waals surface area contributed by atoms with Crippen LogP contribution in [0.1, 0.15) is 88.1 Å². The number of nitrogens with zero attached hydrogens (tertiary/aromatic N) is 2. The minimum Gasteiger partial charge on any atom is -0.488 e. The minimum absolute atomic E-state index is 0.0411. The number of rotatable bonds is 16. The Kier molecular flexibility index (Phi) is 13.6. The molecule has 1 fully saturated rings. The zero-order valence-corrected chi connectivity index (χ0v) is 35.0. The van der Waals surface area contributed by atoms with Crippen molar-refractivity contribution in [2.45, 2.75) is 72.3 Å². The van der Waals surface area contributed by atoms with Gasteiger partial charge < -0.3 is 29.1 Å². The van der Waals surface area contributed by atoms with E-state index >= 15 is 4.79 Å². The van der Waals surface area contributed by atoms with Gasteiger partial charge in [-0.15, -0.1) is 0 Å². The largest absolute Gasteiger partial charge is 0.488 e. The van der Waals surface area contributed by atoms with Crippen LogP contribution in [0, 0.1) is 6.92 Å². The average Bonchev–Trinajstić information content (AvgIpc) is 3.28. The number of ether oxygens (including phenoxy) is 3. The second-order valence-electron chi connectivity index (χ2n) is 15.6. The van der Waals surface area contributed by atoms with Gasteiger partial charge in [-0.2, -0.15) is 0 Å². The second kappa shape index (κ2) is 19.6. The van der Waals surface area contributed by atoms with Crippen LogP contribution >= 0.6 is 0 Å². The molecule has 0 radical (unpaired) electrons. The summed E-state index contributed by atoms with van der Waals surface area (Å²) in [5.41, 5.74) is 8.41. The van der Waals surface area contributed by atoms with Crippen molar-refractivity contribution in [2.75, 3.05) is 29.6 Å². The zero-order chi connectivity index (χ0) is 42.0. The van der Waals surface area contributed by atoms with Crippen LogP contribution in [0.3, 0.4) is 0 Å². The van der Waals surface area contributed by atoms with Gasteiger partial charge in [0.2, 0.25) is 0 Å². The Balaban J connectivity index is 1.32. The first-order valence-electron chi connectivity index (χ1n) is 20.9. The van der Waals surface area contributed by atoms with Crippen molar-refractivity contribution in [1.82, 2.24) is 0 Å². The molecule has 1 saturated heterocycles. The van der Waals surface area contributed by atoms with Crippen molar-refractivity contribution in [2.24, 2.45) is 0 Å².